The number of aromatic nitrogens is 2. The van der Waals surface area contributed by atoms with E-state index in [2.05, 4.69) is 26.6 Å². The highest BCUT2D eigenvalue weighted by molar-refractivity contribution is 6.12. The number of fused-ring (bicyclic) bond motifs is 5. The number of halogens is 1. The van der Waals surface area contributed by atoms with E-state index >= 15 is 4.39 Å². The molecule has 25 nitrogen and oxygen atoms in total. The second-order valence-electron chi connectivity index (χ2n) is 20.9. The molecule has 6 rings (SSSR count). The highest BCUT2D eigenvalue weighted by atomic mass is 19.1. The van der Waals surface area contributed by atoms with E-state index in [0.717, 1.165) is 10.5 Å². The number of aliphatic hydroxyl groups excluding tert-OH is 5. The third-order valence-corrected chi connectivity index (χ3v) is 14.8. The summed E-state index contributed by atoms with van der Waals surface area (Å²) in [6.45, 7) is 6.49. The summed E-state index contributed by atoms with van der Waals surface area (Å²) >= 11 is 0. The predicted molar refractivity (Wildman–Crippen MR) is 285 cm³/mol. The van der Waals surface area contributed by atoms with Crippen molar-refractivity contribution in [3.05, 3.63) is 74.3 Å². The Balaban J connectivity index is 0.982. The molecule has 3 aromatic rings. The number of ether oxygens (including phenoxy) is 2. The number of hydrogen-bond donors (Lipinski definition) is 11. The van der Waals surface area contributed by atoms with Gasteiger partial charge in [0, 0.05) is 67.3 Å². The van der Waals surface area contributed by atoms with Crippen molar-refractivity contribution in [3.63, 3.8) is 0 Å². The van der Waals surface area contributed by atoms with Gasteiger partial charge in [-0.3, -0.25) is 43.3 Å². The molecule has 0 spiro atoms. The quantitative estimate of drug-likeness (QED) is 0.0128. The van der Waals surface area contributed by atoms with E-state index in [4.69, 9.17) is 19.6 Å². The molecule has 0 bridgehead atoms. The van der Waals surface area contributed by atoms with Crippen LogP contribution in [-0.2, 0) is 73.0 Å². The Morgan fingerprint density at radius 1 is 0.840 bits per heavy atom. The SMILES string of the molecule is CC[C@@]1(O)C(=O)OCc2c1cc1n(c2=O)Cc2cc3c(CCCCOCNC(=O)[C@H](C)NC(=O)C(NC(=O)[C@H](CCC(=O)NC[C@H](O)[C@@H](O)[C@H](O)[C@H](O)CO)NC(=O)CCCCCN4C(=O)C=CC4=O)C(C)C)c(C)c(F)cc3nc2-1. The summed E-state index contributed by atoms with van der Waals surface area (Å²) in [5.74, 6) is -6.28. The zero-order chi connectivity index (χ0) is 59.5. The van der Waals surface area contributed by atoms with Crippen LogP contribution in [0.1, 0.15) is 113 Å². The van der Waals surface area contributed by atoms with E-state index in [-0.39, 0.29) is 63.4 Å². The third-order valence-electron chi connectivity index (χ3n) is 14.8. The van der Waals surface area contributed by atoms with Crippen LogP contribution in [0, 0.1) is 18.7 Å². The standard InChI is InChI=1S/C55H73FN8O17/c1-6-55(79)35-21-39-47-31(24-64(39)53(77)34(35)26-81-54(55)78)20-33-32(29(4)36(56)22-38(33)61-47)12-9-11-19-80-27-58-50(74)30(5)59-52(76)46(28(2)3)62-51(75)37(14-15-42(68)57-23-40(66)48(72)49(73)41(67)25-65)60-43(69)13-8-7-10-18-63-44(70)16-17-45(63)71/h16-17,20-22,28,30,37,40-41,46,48-49,65-67,72-73,79H,6-15,18-19,23-27H2,1-5H3,(H,57,68)(H,58,74)(H,59,76)(H,60,69)(H,62,75)/t30-,37-,40-,41+,46?,48+,49+,55-/m0/s1. The smallest absolute Gasteiger partial charge is 0.343 e. The van der Waals surface area contributed by atoms with Gasteiger partial charge in [0.1, 0.15) is 55.6 Å². The van der Waals surface area contributed by atoms with Crippen molar-refractivity contribution in [2.75, 3.05) is 33.0 Å². The predicted octanol–water partition coefficient (Wildman–Crippen LogP) is -1.11. The first-order valence-corrected chi connectivity index (χ1v) is 27.1. The van der Waals surface area contributed by atoms with Gasteiger partial charge in [-0.25, -0.2) is 14.2 Å². The van der Waals surface area contributed by atoms with E-state index in [1.165, 1.54) is 29.7 Å². The maximum absolute atomic E-state index is 15.4. The van der Waals surface area contributed by atoms with Gasteiger partial charge in [0.2, 0.25) is 29.5 Å². The van der Waals surface area contributed by atoms with Crippen LogP contribution in [0.3, 0.4) is 0 Å². The van der Waals surface area contributed by atoms with Crippen molar-refractivity contribution < 1.29 is 82.9 Å². The molecule has 0 radical (unpaired) electrons. The second-order valence-corrected chi connectivity index (χ2v) is 20.9. The summed E-state index contributed by atoms with van der Waals surface area (Å²) in [5, 5.41) is 73.4. The first-order chi connectivity index (χ1) is 38.4. The number of hydrogen-bond acceptors (Lipinski definition) is 18. The number of aliphatic hydroxyl groups is 6. The van der Waals surface area contributed by atoms with Crippen molar-refractivity contribution >= 4 is 58.2 Å². The van der Waals surface area contributed by atoms with Crippen molar-refractivity contribution in [2.24, 2.45) is 5.92 Å². The number of pyridine rings is 2. The van der Waals surface area contributed by atoms with Gasteiger partial charge >= 0.3 is 5.97 Å². The zero-order valence-electron chi connectivity index (χ0n) is 45.9. The monoisotopic (exact) mass is 1140 g/mol. The van der Waals surface area contributed by atoms with E-state index in [1.54, 1.807) is 33.8 Å². The molecular formula is C55H73FN8O17. The largest absolute Gasteiger partial charge is 0.458 e. The molecular weight excluding hydrogens is 1060 g/mol. The summed E-state index contributed by atoms with van der Waals surface area (Å²) in [7, 11) is 0. The van der Waals surface area contributed by atoms with Gasteiger partial charge < -0.3 is 71.3 Å². The van der Waals surface area contributed by atoms with Crippen LogP contribution in [0.4, 0.5) is 4.39 Å². The van der Waals surface area contributed by atoms with Gasteiger partial charge in [0.15, 0.2) is 5.60 Å². The van der Waals surface area contributed by atoms with Crippen LogP contribution < -0.4 is 32.1 Å². The van der Waals surface area contributed by atoms with Gasteiger partial charge in [-0.05, 0) is 88.0 Å². The first-order valence-electron chi connectivity index (χ1n) is 27.1. The third kappa shape index (κ3) is 15.1. The van der Waals surface area contributed by atoms with E-state index in [1.807, 2.05) is 6.07 Å². The number of imide groups is 1. The molecule has 26 heteroatoms. The topological polar surface area (TPSA) is 375 Å². The van der Waals surface area contributed by atoms with Crippen LogP contribution in [0.2, 0.25) is 0 Å². The number of carbonyl (C=O) groups is 8. The molecule has 8 atom stereocenters. The molecule has 442 valence electrons. The molecule has 0 aliphatic carbocycles. The van der Waals surface area contributed by atoms with Crippen LogP contribution in [-0.4, -0.2) is 168 Å². The number of carbonyl (C=O) groups excluding carboxylic acids is 8. The first kappa shape index (κ1) is 63.1. The summed E-state index contributed by atoms with van der Waals surface area (Å²) < 4.78 is 27.8. The Morgan fingerprint density at radius 3 is 2.22 bits per heavy atom. The van der Waals surface area contributed by atoms with E-state index in [9.17, 15) is 68.7 Å². The zero-order valence-corrected chi connectivity index (χ0v) is 45.9. The second kappa shape index (κ2) is 28.1. The number of aryl methyl sites for hydroxylation is 1. The number of nitrogens with one attached hydrogen (secondary N) is 5. The summed E-state index contributed by atoms with van der Waals surface area (Å²) in [6.07, 6.45) is -3.27. The Morgan fingerprint density at radius 2 is 1.54 bits per heavy atom. The van der Waals surface area contributed by atoms with E-state index < -0.39 is 132 Å². The molecule has 2 aromatic heterocycles. The van der Waals surface area contributed by atoms with Crippen molar-refractivity contribution in [2.45, 2.75) is 160 Å². The number of unbranched alkanes of at least 4 members (excludes halogenated alkanes) is 3. The lowest BCUT2D eigenvalue weighted by atomic mass is 9.86. The Kier molecular flexibility index (Phi) is 21.9. The highest BCUT2D eigenvalue weighted by Crippen LogP contribution is 2.39. The molecule has 1 unspecified atom stereocenters. The Bertz CT molecular complexity index is 2950. The molecule has 3 aliphatic heterocycles. The maximum Gasteiger partial charge on any atom is 0.343 e. The number of rotatable bonds is 30. The summed E-state index contributed by atoms with van der Waals surface area (Å²) in [6, 6.07) is 1.07. The molecule has 81 heavy (non-hydrogen) atoms. The van der Waals surface area contributed by atoms with Crippen LogP contribution in [0.5, 0.6) is 0 Å². The highest BCUT2D eigenvalue weighted by Gasteiger charge is 2.45. The Labute approximate surface area is 465 Å². The van der Waals surface area contributed by atoms with Crippen LogP contribution in [0.25, 0.3) is 22.3 Å². The fourth-order valence-corrected chi connectivity index (χ4v) is 9.78. The van der Waals surface area contributed by atoms with Crippen molar-refractivity contribution in [1.82, 2.24) is 41.0 Å². The molecule has 0 saturated carbocycles. The lowest BCUT2D eigenvalue weighted by molar-refractivity contribution is -0.172. The molecule has 0 fully saturated rings. The van der Waals surface area contributed by atoms with Crippen molar-refractivity contribution in [1.29, 1.82) is 0 Å². The Hall–Kier alpha value is -7.07. The molecule has 3 aliphatic rings. The molecule has 7 amide bonds. The normalized spacial score (nSPS) is 18.0. The summed E-state index contributed by atoms with van der Waals surface area (Å²) in [4.78, 5) is 122. The number of amides is 7. The number of benzene rings is 1. The number of cyclic esters (lactones) is 1. The van der Waals surface area contributed by atoms with Gasteiger partial charge in [-0.2, -0.15) is 0 Å². The number of nitrogens with zero attached hydrogens (tertiary/aromatic N) is 3. The lowest BCUT2D eigenvalue weighted by Gasteiger charge is -2.31. The average Bonchev–Trinajstić information content (AvgIpc) is 2.59. The van der Waals surface area contributed by atoms with Crippen molar-refractivity contribution in [3.8, 4) is 11.4 Å². The van der Waals surface area contributed by atoms with Crippen LogP contribution >= 0.6 is 0 Å². The van der Waals surface area contributed by atoms with Crippen LogP contribution in [0.15, 0.2) is 35.1 Å². The fourth-order valence-electron chi connectivity index (χ4n) is 9.78. The fraction of sp³-hybridized carbons (Fsp3) is 0.564. The molecule has 11 N–H and O–H groups in total. The van der Waals surface area contributed by atoms with Gasteiger partial charge in [0.25, 0.3) is 17.4 Å². The minimum Gasteiger partial charge on any atom is -0.458 e. The maximum atomic E-state index is 15.4. The minimum atomic E-state index is -1.99. The minimum absolute atomic E-state index is 0.0102. The number of esters is 1. The van der Waals surface area contributed by atoms with E-state index in [0.29, 0.717) is 71.9 Å². The molecule has 1 aromatic carbocycles. The lowest BCUT2D eigenvalue weighted by Crippen LogP contribution is -2.58. The summed E-state index contributed by atoms with van der Waals surface area (Å²) in [5.41, 5.74) is 1.06. The molecule has 0 saturated heterocycles. The van der Waals surface area contributed by atoms with Gasteiger partial charge in [-0.1, -0.05) is 27.2 Å². The average molecular weight is 1140 g/mol. The van der Waals surface area contributed by atoms with Gasteiger partial charge in [-0.15, -0.1) is 0 Å². The van der Waals surface area contributed by atoms with Gasteiger partial charge in [0.05, 0.1) is 41.7 Å². The molecule has 5 heterocycles.